The van der Waals surface area contributed by atoms with E-state index in [1.54, 1.807) is 12.1 Å². The van der Waals surface area contributed by atoms with Crippen molar-refractivity contribution in [2.45, 2.75) is 132 Å². The number of phenolic OH excluding ortho intramolecular Hbond substituents is 1. The van der Waals surface area contributed by atoms with Gasteiger partial charge in [0.15, 0.2) is 0 Å². The van der Waals surface area contributed by atoms with Gasteiger partial charge in [0.05, 0.1) is 16.3 Å². The van der Waals surface area contributed by atoms with E-state index < -0.39 is 6.10 Å². The Morgan fingerprint density at radius 1 is 0.794 bits per heavy atom. The van der Waals surface area contributed by atoms with Crippen LogP contribution in [-0.2, 0) is 6.42 Å². The van der Waals surface area contributed by atoms with Crippen molar-refractivity contribution < 1.29 is 15.3 Å². The maximum Gasteiger partial charge on any atom is 0.115 e. The fourth-order valence-corrected chi connectivity index (χ4v) is 8.35. The SMILES string of the molecule is CCCCCCCCCCCCC[C@@H](O)C[C@H](O)CC1(CCc2ccc(O)cc2)SCCCS1. The number of aliphatic hydroxyl groups is 2. The van der Waals surface area contributed by atoms with Gasteiger partial charge in [-0.25, -0.2) is 0 Å². The van der Waals surface area contributed by atoms with Crippen LogP contribution in [0.3, 0.4) is 0 Å². The topological polar surface area (TPSA) is 60.7 Å². The van der Waals surface area contributed by atoms with Crippen LogP contribution in [0.5, 0.6) is 5.75 Å². The molecule has 2 rings (SSSR count). The zero-order valence-electron chi connectivity index (χ0n) is 21.6. The number of aromatic hydroxyl groups is 1. The predicted octanol–water partition coefficient (Wildman–Crippen LogP) is 8.09. The number of aliphatic hydroxyl groups excluding tert-OH is 2. The second kappa shape index (κ2) is 18.0. The highest BCUT2D eigenvalue weighted by atomic mass is 32.2. The van der Waals surface area contributed by atoms with Crippen LogP contribution >= 0.6 is 23.5 Å². The number of hydrogen-bond acceptors (Lipinski definition) is 5. The van der Waals surface area contributed by atoms with Gasteiger partial charge in [-0.15, -0.1) is 23.5 Å². The Labute approximate surface area is 217 Å². The number of thioether (sulfide) groups is 2. The van der Waals surface area contributed by atoms with Gasteiger partial charge in [0.25, 0.3) is 0 Å². The summed E-state index contributed by atoms with van der Waals surface area (Å²) < 4.78 is 0.0335. The second-order valence-corrected chi connectivity index (χ2v) is 13.4. The third-order valence-electron chi connectivity index (χ3n) is 6.98. The molecule has 5 heteroatoms. The van der Waals surface area contributed by atoms with Crippen molar-refractivity contribution in [3.63, 3.8) is 0 Å². The molecule has 0 spiro atoms. The molecule has 1 aromatic carbocycles. The monoisotopic (exact) mass is 510 g/mol. The first kappa shape index (κ1) is 29.9. The average molecular weight is 511 g/mol. The van der Waals surface area contributed by atoms with Gasteiger partial charge in [-0.05, 0) is 67.7 Å². The van der Waals surface area contributed by atoms with E-state index in [2.05, 4.69) is 6.92 Å². The van der Waals surface area contributed by atoms with Crippen LogP contribution in [0.25, 0.3) is 0 Å². The molecular weight excluding hydrogens is 460 g/mol. The zero-order chi connectivity index (χ0) is 24.5. The van der Waals surface area contributed by atoms with E-state index >= 15 is 0 Å². The maximum absolute atomic E-state index is 10.8. The molecular formula is C29H50O3S2. The van der Waals surface area contributed by atoms with Crippen LogP contribution in [-0.4, -0.2) is 43.1 Å². The van der Waals surface area contributed by atoms with E-state index in [0.717, 1.165) is 43.6 Å². The standard InChI is InChI=1S/C29H50O3S2/c1-2-3-4-5-6-7-8-9-10-11-12-14-27(31)23-28(32)24-29(33-21-13-22-34-29)20-19-25-15-17-26(30)18-16-25/h15-18,27-28,30-32H,2-14,19-24H2,1H3/t27-,28+/m1/s1. The summed E-state index contributed by atoms with van der Waals surface area (Å²) in [6.45, 7) is 2.27. The summed E-state index contributed by atoms with van der Waals surface area (Å²) in [6, 6.07) is 7.50. The molecule has 0 aromatic heterocycles. The van der Waals surface area contributed by atoms with E-state index in [4.69, 9.17) is 0 Å². The van der Waals surface area contributed by atoms with Crippen molar-refractivity contribution >= 4 is 23.5 Å². The van der Waals surface area contributed by atoms with Crippen LogP contribution in [0.4, 0.5) is 0 Å². The Balaban J connectivity index is 1.60. The highest BCUT2D eigenvalue weighted by Gasteiger charge is 2.36. The quantitative estimate of drug-likeness (QED) is 0.164. The van der Waals surface area contributed by atoms with Crippen LogP contribution in [0.15, 0.2) is 24.3 Å². The first-order valence-electron chi connectivity index (χ1n) is 13.9. The fourth-order valence-electron chi connectivity index (χ4n) is 4.90. The Bertz CT molecular complexity index is 616. The smallest absolute Gasteiger partial charge is 0.115 e. The van der Waals surface area contributed by atoms with Gasteiger partial charge >= 0.3 is 0 Å². The van der Waals surface area contributed by atoms with Gasteiger partial charge in [-0.3, -0.25) is 0 Å². The largest absolute Gasteiger partial charge is 0.508 e. The molecule has 1 heterocycles. The summed E-state index contributed by atoms with van der Waals surface area (Å²) in [5.74, 6) is 2.61. The summed E-state index contributed by atoms with van der Waals surface area (Å²) in [4.78, 5) is 0. The number of phenols is 1. The van der Waals surface area contributed by atoms with E-state index in [-0.39, 0.29) is 10.2 Å². The third-order valence-corrected chi connectivity index (χ3v) is 10.5. The molecule has 0 saturated carbocycles. The molecule has 34 heavy (non-hydrogen) atoms. The van der Waals surface area contributed by atoms with Gasteiger partial charge in [0.2, 0.25) is 0 Å². The lowest BCUT2D eigenvalue weighted by atomic mass is 9.98. The first-order valence-corrected chi connectivity index (χ1v) is 15.9. The van der Waals surface area contributed by atoms with Crippen LogP contribution in [0.2, 0.25) is 0 Å². The number of benzene rings is 1. The molecule has 0 bridgehead atoms. The predicted molar refractivity (Wildman–Crippen MR) is 151 cm³/mol. The zero-order valence-corrected chi connectivity index (χ0v) is 23.2. The van der Waals surface area contributed by atoms with E-state index in [0.29, 0.717) is 12.2 Å². The van der Waals surface area contributed by atoms with Gasteiger partial charge in [-0.2, -0.15) is 0 Å². The minimum Gasteiger partial charge on any atom is -0.508 e. The molecule has 3 N–H and O–H groups in total. The van der Waals surface area contributed by atoms with Gasteiger partial charge < -0.3 is 15.3 Å². The van der Waals surface area contributed by atoms with Crippen LogP contribution in [0.1, 0.15) is 115 Å². The summed E-state index contributed by atoms with van der Waals surface area (Å²) in [5.41, 5.74) is 1.23. The van der Waals surface area contributed by atoms with Crippen molar-refractivity contribution in [3.05, 3.63) is 29.8 Å². The fraction of sp³-hybridized carbons (Fsp3) is 0.793. The molecule has 1 aliphatic heterocycles. The lowest BCUT2D eigenvalue weighted by molar-refractivity contribution is 0.0675. The van der Waals surface area contributed by atoms with Crippen molar-refractivity contribution in [1.29, 1.82) is 0 Å². The molecule has 196 valence electrons. The minimum absolute atomic E-state index is 0.0335. The maximum atomic E-state index is 10.8. The summed E-state index contributed by atoms with van der Waals surface area (Å²) in [6.07, 6.45) is 18.9. The van der Waals surface area contributed by atoms with Gasteiger partial charge in [0, 0.05) is 0 Å². The minimum atomic E-state index is -0.444. The lowest BCUT2D eigenvalue weighted by Crippen LogP contribution is -2.32. The van der Waals surface area contributed by atoms with Crippen molar-refractivity contribution in [2.24, 2.45) is 0 Å². The molecule has 1 aromatic rings. The Morgan fingerprint density at radius 2 is 1.35 bits per heavy atom. The Kier molecular flexibility index (Phi) is 15.8. The molecule has 0 radical (unpaired) electrons. The van der Waals surface area contributed by atoms with Crippen molar-refractivity contribution in [1.82, 2.24) is 0 Å². The van der Waals surface area contributed by atoms with Gasteiger partial charge in [-0.1, -0.05) is 89.7 Å². The lowest BCUT2D eigenvalue weighted by Gasteiger charge is -2.38. The molecule has 1 fully saturated rings. The van der Waals surface area contributed by atoms with Crippen molar-refractivity contribution in [3.8, 4) is 5.75 Å². The van der Waals surface area contributed by atoms with Gasteiger partial charge in [0.1, 0.15) is 5.75 Å². The highest BCUT2D eigenvalue weighted by molar-refractivity contribution is 8.18. The normalized spacial score (nSPS) is 17.5. The Hall–Kier alpha value is -0.360. The summed E-state index contributed by atoms with van der Waals surface area (Å²) >= 11 is 3.99. The number of unbranched alkanes of at least 4 members (excludes halogenated alkanes) is 10. The third kappa shape index (κ3) is 13.1. The highest BCUT2D eigenvalue weighted by Crippen LogP contribution is 2.49. The summed E-state index contributed by atoms with van der Waals surface area (Å²) in [5, 5.41) is 30.9. The van der Waals surface area contributed by atoms with Crippen LogP contribution < -0.4 is 0 Å². The molecule has 3 nitrogen and oxygen atoms in total. The number of hydrogen-bond donors (Lipinski definition) is 3. The number of aryl methyl sites for hydroxylation is 1. The molecule has 1 saturated heterocycles. The number of rotatable bonds is 19. The molecule has 2 atom stereocenters. The second-order valence-electron chi connectivity index (χ2n) is 10.2. The molecule has 0 amide bonds. The molecule has 1 aliphatic rings. The van der Waals surface area contributed by atoms with Crippen molar-refractivity contribution in [2.75, 3.05) is 11.5 Å². The summed E-state index contributed by atoms with van der Waals surface area (Å²) in [7, 11) is 0. The van der Waals surface area contributed by atoms with E-state index in [9.17, 15) is 15.3 Å². The van der Waals surface area contributed by atoms with E-state index in [1.807, 2.05) is 35.7 Å². The molecule has 0 unspecified atom stereocenters. The molecule has 0 aliphatic carbocycles. The average Bonchev–Trinajstić information content (AvgIpc) is 2.82. The first-order chi connectivity index (χ1) is 16.5. The Morgan fingerprint density at radius 3 is 1.94 bits per heavy atom. The van der Waals surface area contributed by atoms with E-state index in [1.165, 1.54) is 76.2 Å². The van der Waals surface area contributed by atoms with Crippen LogP contribution in [0, 0.1) is 0 Å².